The lowest BCUT2D eigenvalue weighted by Gasteiger charge is -2.07. The Morgan fingerprint density at radius 3 is 2.38 bits per heavy atom. The normalized spacial score (nSPS) is 12.8. The third kappa shape index (κ3) is 5.41. The fourth-order valence-electron chi connectivity index (χ4n) is 2.56. The summed E-state index contributed by atoms with van der Waals surface area (Å²) in [5.41, 5.74) is 1.65. The maximum absolute atomic E-state index is 12.6. The van der Waals surface area contributed by atoms with Gasteiger partial charge in [-0.15, -0.1) is 11.3 Å². The van der Waals surface area contributed by atoms with Gasteiger partial charge in [-0.3, -0.25) is 19.2 Å². The summed E-state index contributed by atoms with van der Waals surface area (Å²) in [6.45, 7) is 1.60. The van der Waals surface area contributed by atoms with Gasteiger partial charge in [-0.25, -0.2) is 0 Å². The molecule has 0 atom stereocenters. The molecule has 29 heavy (non-hydrogen) atoms. The van der Waals surface area contributed by atoms with E-state index in [1.165, 1.54) is 18.4 Å². The lowest BCUT2D eigenvalue weighted by atomic mass is 10.2. The van der Waals surface area contributed by atoms with E-state index in [0.29, 0.717) is 21.1 Å². The van der Waals surface area contributed by atoms with Crippen molar-refractivity contribution < 1.29 is 23.9 Å². The van der Waals surface area contributed by atoms with E-state index < -0.39 is 11.9 Å². The molecule has 1 fully saturated rings. The van der Waals surface area contributed by atoms with E-state index in [2.05, 4.69) is 20.7 Å². The topological polar surface area (TPSA) is 114 Å². The van der Waals surface area contributed by atoms with Crippen molar-refractivity contribution in [3.05, 3.63) is 46.3 Å². The van der Waals surface area contributed by atoms with Gasteiger partial charge in [0.15, 0.2) is 0 Å². The SMILES string of the molecule is COC(=O)CNC(=O)c1ccc(NC(=O)c2sc(NC(=O)C3CC3)cc2C)cc1. The van der Waals surface area contributed by atoms with Crippen molar-refractivity contribution in [3.8, 4) is 0 Å². The molecule has 0 saturated heterocycles. The number of ether oxygens (including phenoxy) is 1. The number of benzene rings is 1. The van der Waals surface area contributed by atoms with Crippen molar-refractivity contribution in [2.45, 2.75) is 19.8 Å². The number of carbonyl (C=O) groups excluding carboxylic acids is 4. The first-order valence-corrected chi connectivity index (χ1v) is 9.86. The van der Waals surface area contributed by atoms with Crippen LogP contribution in [0.15, 0.2) is 30.3 Å². The van der Waals surface area contributed by atoms with Crippen LogP contribution < -0.4 is 16.0 Å². The number of rotatable bonds is 7. The number of esters is 1. The zero-order valence-corrected chi connectivity index (χ0v) is 16.9. The van der Waals surface area contributed by atoms with Crippen molar-refractivity contribution in [2.75, 3.05) is 24.3 Å². The number of hydrogen-bond acceptors (Lipinski definition) is 6. The summed E-state index contributed by atoms with van der Waals surface area (Å²) < 4.78 is 4.47. The molecule has 1 aromatic carbocycles. The van der Waals surface area contributed by atoms with Gasteiger partial charge < -0.3 is 20.7 Å². The number of amides is 3. The van der Waals surface area contributed by atoms with Gasteiger partial charge in [0.25, 0.3) is 11.8 Å². The molecule has 1 aliphatic carbocycles. The third-order valence-corrected chi connectivity index (χ3v) is 5.50. The number of hydrogen-bond donors (Lipinski definition) is 3. The molecule has 0 spiro atoms. The lowest BCUT2D eigenvalue weighted by molar-refractivity contribution is -0.139. The number of nitrogens with one attached hydrogen (secondary N) is 3. The third-order valence-electron chi connectivity index (χ3n) is 4.34. The van der Waals surface area contributed by atoms with Gasteiger partial charge in [0, 0.05) is 17.2 Å². The van der Waals surface area contributed by atoms with Crippen LogP contribution >= 0.6 is 11.3 Å². The predicted molar refractivity (Wildman–Crippen MR) is 109 cm³/mol. The van der Waals surface area contributed by atoms with E-state index in [1.54, 1.807) is 30.3 Å². The second-order valence-corrected chi connectivity index (χ2v) is 7.73. The standard InChI is InChI=1S/C20H21N3O5S/c1-11-9-15(23-19(26)13-3-4-13)29-17(11)20(27)22-14-7-5-12(6-8-14)18(25)21-10-16(24)28-2/h5-9,13H,3-4,10H2,1-2H3,(H,21,25)(H,22,27)(H,23,26). The second-order valence-electron chi connectivity index (χ2n) is 6.68. The van der Waals surface area contributed by atoms with Gasteiger partial charge in [0.2, 0.25) is 5.91 Å². The van der Waals surface area contributed by atoms with Gasteiger partial charge >= 0.3 is 5.97 Å². The van der Waals surface area contributed by atoms with Gasteiger partial charge in [0.05, 0.1) is 17.0 Å². The molecule has 1 saturated carbocycles. The smallest absolute Gasteiger partial charge is 0.325 e. The molecular weight excluding hydrogens is 394 g/mol. The number of aryl methyl sites for hydroxylation is 1. The van der Waals surface area contributed by atoms with Crippen LogP contribution in [0.4, 0.5) is 10.7 Å². The summed E-state index contributed by atoms with van der Waals surface area (Å²) >= 11 is 1.23. The molecule has 0 unspecified atom stereocenters. The van der Waals surface area contributed by atoms with Crippen molar-refractivity contribution in [2.24, 2.45) is 5.92 Å². The molecule has 2 aromatic rings. The Kier molecular flexibility index (Phi) is 6.28. The van der Waals surface area contributed by atoms with E-state index in [1.807, 2.05) is 6.92 Å². The first-order chi connectivity index (χ1) is 13.9. The summed E-state index contributed by atoms with van der Waals surface area (Å²) in [7, 11) is 1.24. The van der Waals surface area contributed by atoms with Gasteiger partial charge in [-0.05, 0) is 55.7 Å². The Bertz CT molecular complexity index is 948. The van der Waals surface area contributed by atoms with Gasteiger partial charge in [-0.2, -0.15) is 0 Å². The molecule has 1 aromatic heterocycles. The van der Waals surface area contributed by atoms with Gasteiger partial charge in [-0.1, -0.05) is 0 Å². The van der Waals surface area contributed by atoms with Crippen LogP contribution in [-0.2, 0) is 14.3 Å². The highest BCUT2D eigenvalue weighted by Gasteiger charge is 2.30. The minimum atomic E-state index is -0.541. The quantitative estimate of drug-likeness (QED) is 0.602. The summed E-state index contributed by atoms with van der Waals surface area (Å²) in [4.78, 5) is 48.0. The number of methoxy groups -OCH3 is 1. The largest absolute Gasteiger partial charge is 0.468 e. The molecule has 0 aliphatic heterocycles. The first-order valence-electron chi connectivity index (χ1n) is 9.05. The molecule has 8 nitrogen and oxygen atoms in total. The molecule has 3 N–H and O–H groups in total. The van der Waals surface area contributed by atoms with Crippen molar-refractivity contribution in [1.82, 2.24) is 5.32 Å². The van der Waals surface area contributed by atoms with E-state index in [-0.39, 0.29) is 24.3 Å². The number of anilines is 2. The first kappa shape index (κ1) is 20.5. The highest BCUT2D eigenvalue weighted by atomic mass is 32.1. The Morgan fingerprint density at radius 1 is 1.07 bits per heavy atom. The van der Waals surface area contributed by atoms with Crippen molar-refractivity contribution in [3.63, 3.8) is 0 Å². The lowest BCUT2D eigenvalue weighted by Crippen LogP contribution is -2.30. The fraction of sp³-hybridized carbons (Fsp3) is 0.300. The van der Waals surface area contributed by atoms with Crippen LogP contribution in [0, 0.1) is 12.8 Å². The Balaban J connectivity index is 1.59. The van der Waals surface area contributed by atoms with Crippen LogP contribution in [0.1, 0.15) is 38.4 Å². The minimum Gasteiger partial charge on any atom is -0.468 e. The summed E-state index contributed by atoms with van der Waals surface area (Å²) in [6, 6.07) is 8.08. The molecule has 0 radical (unpaired) electrons. The summed E-state index contributed by atoms with van der Waals surface area (Å²) in [5, 5.41) is 8.72. The molecule has 9 heteroatoms. The van der Waals surface area contributed by atoms with Crippen LogP contribution in [-0.4, -0.2) is 37.3 Å². The Hall–Kier alpha value is -3.20. The van der Waals surface area contributed by atoms with Crippen LogP contribution in [0.3, 0.4) is 0 Å². The monoisotopic (exact) mass is 415 g/mol. The second kappa shape index (κ2) is 8.87. The molecule has 0 bridgehead atoms. The molecule has 3 amide bonds. The van der Waals surface area contributed by atoms with E-state index >= 15 is 0 Å². The van der Waals surface area contributed by atoms with Crippen LogP contribution in [0.25, 0.3) is 0 Å². The average molecular weight is 415 g/mol. The summed E-state index contributed by atoms with van der Waals surface area (Å²) in [6.07, 6.45) is 1.83. The van der Waals surface area contributed by atoms with E-state index in [9.17, 15) is 19.2 Å². The van der Waals surface area contributed by atoms with Crippen LogP contribution in [0.5, 0.6) is 0 Å². The van der Waals surface area contributed by atoms with E-state index in [0.717, 1.165) is 18.4 Å². The van der Waals surface area contributed by atoms with E-state index in [4.69, 9.17) is 0 Å². The molecular formula is C20H21N3O5S. The van der Waals surface area contributed by atoms with Crippen molar-refractivity contribution in [1.29, 1.82) is 0 Å². The molecule has 1 aliphatic rings. The van der Waals surface area contributed by atoms with Crippen molar-refractivity contribution >= 4 is 45.7 Å². The maximum Gasteiger partial charge on any atom is 0.325 e. The molecule has 1 heterocycles. The highest BCUT2D eigenvalue weighted by molar-refractivity contribution is 7.18. The summed E-state index contributed by atoms with van der Waals surface area (Å²) in [5.74, 6) is -1.15. The zero-order chi connectivity index (χ0) is 21.0. The molecule has 152 valence electrons. The Morgan fingerprint density at radius 2 is 1.76 bits per heavy atom. The minimum absolute atomic E-state index is 0.000673. The average Bonchev–Trinajstić information content (AvgIpc) is 3.49. The van der Waals surface area contributed by atoms with Crippen LogP contribution in [0.2, 0.25) is 0 Å². The predicted octanol–water partition coefficient (Wildman–Crippen LogP) is 2.56. The maximum atomic E-state index is 12.6. The zero-order valence-electron chi connectivity index (χ0n) is 16.0. The number of thiophene rings is 1. The number of carbonyl (C=O) groups is 4. The molecule has 3 rings (SSSR count). The highest BCUT2D eigenvalue weighted by Crippen LogP contribution is 2.33. The fourth-order valence-corrected chi connectivity index (χ4v) is 3.53. The van der Waals surface area contributed by atoms with Gasteiger partial charge in [0.1, 0.15) is 6.54 Å². The Labute approximate surface area is 171 Å².